The van der Waals surface area contributed by atoms with Gasteiger partial charge >= 0.3 is 5.97 Å². The largest absolute Gasteiger partial charge is 0.459 e. The van der Waals surface area contributed by atoms with E-state index in [9.17, 15) is 4.79 Å². The molecule has 0 amide bonds. The molecule has 1 fully saturated rings. The normalized spacial score (nSPS) is 17.1. The Balaban J connectivity index is 2.00. The molecule has 1 saturated heterocycles. The second kappa shape index (κ2) is 5.12. The number of hydrogen-bond acceptors (Lipinski definition) is 3. The Kier molecular flexibility index (Phi) is 3.57. The van der Waals surface area contributed by atoms with E-state index in [4.69, 9.17) is 4.74 Å². The van der Waals surface area contributed by atoms with Gasteiger partial charge in [-0.05, 0) is 44.5 Å². The van der Waals surface area contributed by atoms with E-state index in [1.54, 1.807) is 0 Å². The molecule has 0 unspecified atom stereocenters. The molecule has 86 valence electrons. The van der Waals surface area contributed by atoms with Crippen molar-refractivity contribution in [1.29, 1.82) is 0 Å². The molecule has 1 aromatic rings. The maximum atomic E-state index is 11.9. The van der Waals surface area contributed by atoms with Gasteiger partial charge in [0.2, 0.25) is 0 Å². The maximum absolute atomic E-state index is 11.9. The highest BCUT2D eigenvalue weighted by molar-refractivity contribution is 5.91. The summed E-state index contributed by atoms with van der Waals surface area (Å²) in [6.45, 7) is 3.80. The van der Waals surface area contributed by atoms with Crippen molar-refractivity contribution in [3.05, 3.63) is 35.4 Å². The van der Waals surface area contributed by atoms with Crippen LogP contribution in [0.1, 0.15) is 28.8 Å². The molecule has 16 heavy (non-hydrogen) atoms. The number of ether oxygens (including phenoxy) is 1. The average Bonchev–Trinajstić information content (AvgIpc) is 2.31. The van der Waals surface area contributed by atoms with Gasteiger partial charge in [0.15, 0.2) is 0 Å². The van der Waals surface area contributed by atoms with Crippen LogP contribution in [0.25, 0.3) is 0 Å². The summed E-state index contributed by atoms with van der Waals surface area (Å²) in [5, 5.41) is 3.25. The Bertz CT molecular complexity index is 370. The summed E-state index contributed by atoms with van der Waals surface area (Å²) in [5.74, 6) is -0.190. The first-order valence-electron chi connectivity index (χ1n) is 5.74. The molecule has 0 aromatic heterocycles. The van der Waals surface area contributed by atoms with Gasteiger partial charge in [0.05, 0.1) is 5.56 Å². The Morgan fingerprint density at radius 2 is 2.00 bits per heavy atom. The summed E-state index contributed by atoms with van der Waals surface area (Å²) in [7, 11) is 0. The van der Waals surface area contributed by atoms with Crippen molar-refractivity contribution in [3.63, 3.8) is 0 Å². The standard InChI is InChI=1S/C13H17NO2/c1-10-4-2-3-5-12(10)13(15)16-11-6-8-14-9-7-11/h2-5,11,14H,6-9H2,1H3. The van der Waals surface area contributed by atoms with Crippen LogP contribution >= 0.6 is 0 Å². The van der Waals surface area contributed by atoms with Gasteiger partial charge in [-0.15, -0.1) is 0 Å². The first-order valence-corrected chi connectivity index (χ1v) is 5.74. The summed E-state index contributed by atoms with van der Waals surface area (Å²) >= 11 is 0. The summed E-state index contributed by atoms with van der Waals surface area (Å²) in [6, 6.07) is 7.54. The third-order valence-corrected chi connectivity index (χ3v) is 2.92. The van der Waals surface area contributed by atoms with E-state index >= 15 is 0 Å². The number of rotatable bonds is 2. The number of carbonyl (C=O) groups excluding carboxylic acids is 1. The van der Waals surface area contributed by atoms with Crippen LogP contribution in [0.4, 0.5) is 0 Å². The fraction of sp³-hybridized carbons (Fsp3) is 0.462. The van der Waals surface area contributed by atoms with Crippen molar-refractivity contribution >= 4 is 5.97 Å². The molecule has 0 atom stereocenters. The van der Waals surface area contributed by atoms with Gasteiger partial charge in [0.1, 0.15) is 6.10 Å². The molecular weight excluding hydrogens is 202 g/mol. The van der Waals surface area contributed by atoms with Crippen LogP contribution in [0.2, 0.25) is 0 Å². The number of aryl methyl sites for hydroxylation is 1. The van der Waals surface area contributed by atoms with Crippen molar-refractivity contribution in [2.24, 2.45) is 0 Å². The molecule has 3 nitrogen and oxygen atoms in total. The number of carbonyl (C=O) groups is 1. The zero-order chi connectivity index (χ0) is 11.4. The summed E-state index contributed by atoms with van der Waals surface area (Å²) in [5.41, 5.74) is 1.66. The zero-order valence-electron chi connectivity index (χ0n) is 9.53. The summed E-state index contributed by atoms with van der Waals surface area (Å²) < 4.78 is 5.48. The molecule has 0 bridgehead atoms. The lowest BCUT2D eigenvalue weighted by Gasteiger charge is -2.23. The minimum Gasteiger partial charge on any atom is -0.459 e. The third kappa shape index (κ3) is 2.61. The number of esters is 1. The van der Waals surface area contributed by atoms with Gasteiger partial charge in [-0.3, -0.25) is 0 Å². The maximum Gasteiger partial charge on any atom is 0.338 e. The fourth-order valence-electron chi connectivity index (χ4n) is 1.93. The van der Waals surface area contributed by atoms with E-state index in [-0.39, 0.29) is 12.1 Å². The molecule has 1 aliphatic heterocycles. The number of nitrogens with one attached hydrogen (secondary N) is 1. The van der Waals surface area contributed by atoms with Crippen LogP contribution in [0.5, 0.6) is 0 Å². The van der Waals surface area contributed by atoms with Crippen molar-refractivity contribution in [1.82, 2.24) is 5.32 Å². The van der Waals surface area contributed by atoms with E-state index in [0.29, 0.717) is 5.56 Å². The Labute approximate surface area is 95.8 Å². The van der Waals surface area contributed by atoms with Crippen LogP contribution in [0, 0.1) is 6.92 Å². The summed E-state index contributed by atoms with van der Waals surface area (Å²) in [6.07, 6.45) is 1.91. The molecule has 2 rings (SSSR count). The van der Waals surface area contributed by atoms with Gasteiger partial charge < -0.3 is 10.1 Å². The fourth-order valence-corrected chi connectivity index (χ4v) is 1.93. The van der Waals surface area contributed by atoms with E-state index < -0.39 is 0 Å². The second-order valence-electron chi connectivity index (χ2n) is 4.17. The van der Waals surface area contributed by atoms with Gasteiger partial charge in [0, 0.05) is 0 Å². The molecule has 0 spiro atoms. The van der Waals surface area contributed by atoms with Crippen molar-refractivity contribution in [2.45, 2.75) is 25.9 Å². The number of hydrogen-bond donors (Lipinski definition) is 1. The Hall–Kier alpha value is -1.35. The Morgan fingerprint density at radius 3 is 2.69 bits per heavy atom. The van der Waals surface area contributed by atoms with Crippen molar-refractivity contribution < 1.29 is 9.53 Å². The van der Waals surface area contributed by atoms with E-state index in [1.807, 2.05) is 31.2 Å². The molecule has 3 heteroatoms. The summed E-state index contributed by atoms with van der Waals surface area (Å²) in [4.78, 5) is 11.9. The van der Waals surface area contributed by atoms with Gasteiger partial charge in [-0.25, -0.2) is 4.79 Å². The quantitative estimate of drug-likeness (QED) is 0.772. The van der Waals surface area contributed by atoms with E-state index in [1.165, 1.54) is 0 Å². The predicted molar refractivity (Wildman–Crippen MR) is 62.5 cm³/mol. The lowest BCUT2D eigenvalue weighted by Crippen LogP contribution is -2.33. The highest BCUT2D eigenvalue weighted by atomic mass is 16.5. The monoisotopic (exact) mass is 219 g/mol. The van der Waals surface area contributed by atoms with Crippen LogP contribution in [0.15, 0.2) is 24.3 Å². The number of benzene rings is 1. The lowest BCUT2D eigenvalue weighted by molar-refractivity contribution is 0.0229. The van der Waals surface area contributed by atoms with E-state index in [2.05, 4.69) is 5.32 Å². The molecule has 1 aliphatic rings. The molecular formula is C13H17NO2. The highest BCUT2D eigenvalue weighted by Crippen LogP contribution is 2.13. The van der Waals surface area contributed by atoms with Crippen molar-refractivity contribution in [3.8, 4) is 0 Å². The highest BCUT2D eigenvalue weighted by Gasteiger charge is 2.19. The van der Waals surface area contributed by atoms with E-state index in [0.717, 1.165) is 31.5 Å². The molecule has 1 heterocycles. The molecule has 0 radical (unpaired) electrons. The topological polar surface area (TPSA) is 38.3 Å². The van der Waals surface area contributed by atoms with Crippen molar-refractivity contribution in [2.75, 3.05) is 13.1 Å². The zero-order valence-corrected chi connectivity index (χ0v) is 9.53. The Morgan fingerprint density at radius 1 is 1.31 bits per heavy atom. The molecule has 0 saturated carbocycles. The van der Waals surface area contributed by atoms with Gasteiger partial charge in [-0.2, -0.15) is 0 Å². The smallest absolute Gasteiger partial charge is 0.338 e. The second-order valence-corrected chi connectivity index (χ2v) is 4.17. The van der Waals surface area contributed by atoms with Gasteiger partial charge in [-0.1, -0.05) is 18.2 Å². The van der Waals surface area contributed by atoms with Crippen LogP contribution < -0.4 is 5.32 Å². The molecule has 0 aliphatic carbocycles. The van der Waals surface area contributed by atoms with Crippen LogP contribution in [0.3, 0.4) is 0 Å². The predicted octanol–water partition coefficient (Wildman–Crippen LogP) is 1.90. The van der Waals surface area contributed by atoms with Gasteiger partial charge in [0.25, 0.3) is 0 Å². The molecule has 1 N–H and O–H groups in total. The minimum atomic E-state index is -0.190. The molecule has 1 aromatic carbocycles. The number of piperidine rings is 1. The lowest BCUT2D eigenvalue weighted by atomic mass is 10.1. The van der Waals surface area contributed by atoms with Crippen LogP contribution in [-0.2, 0) is 4.74 Å². The first kappa shape index (κ1) is 11.1. The minimum absolute atomic E-state index is 0.0772. The SMILES string of the molecule is Cc1ccccc1C(=O)OC1CCNCC1. The average molecular weight is 219 g/mol. The van der Waals surface area contributed by atoms with Crippen LogP contribution in [-0.4, -0.2) is 25.2 Å². The first-order chi connectivity index (χ1) is 7.77. The third-order valence-electron chi connectivity index (χ3n) is 2.92.